The van der Waals surface area contributed by atoms with Crippen molar-refractivity contribution >= 4 is 24.2 Å². The minimum absolute atomic E-state index is 0.0957. The summed E-state index contributed by atoms with van der Waals surface area (Å²) in [6, 6.07) is 0. The summed E-state index contributed by atoms with van der Waals surface area (Å²) in [5.41, 5.74) is 4.71. The van der Waals surface area contributed by atoms with Gasteiger partial charge in [0.2, 0.25) is 11.8 Å². The third-order valence-electron chi connectivity index (χ3n) is 1.70. The first-order valence-electron chi connectivity index (χ1n) is 6.06. The molecule has 0 aliphatic heterocycles. The second-order valence-electron chi connectivity index (χ2n) is 4.61. The van der Waals surface area contributed by atoms with Crippen molar-refractivity contribution in [3.63, 3.8) is 0 Å². The highest BCUT2D eigenvalue weighted by molar-refractivity contribution is 5.84. The Morgan fingerprint density at radius 1 is 0.889 bits per heavy atom. The van der Waals surface area contributed by atoms with Gasteiger partial charge in [0.15, 0.2) is 0 Å². The van der Waals surface area contributed by atoms with Gasteiger partial charge >= 0.3 is 0 Å². The number of hydrazone groups is 2. The predicted molar refractivity (Wildman–Crippen MR) is 72.2 cm³/mol. The highest BCUT2D eigenvalue weighted by atomic mass is 16.2. The molecule has 0 saturated carbocycles. The van der Waals surface area contributed by atoms with Gasteiger partial charge in [-0.25, -0.2) is 10.9 Å². The number of nitrogens with zero attached hydrogens (tertiary/aromatic N) is 2. The van der Waals surface area contributed by atoms with E-state index in [4.69, 9.17) is 0 Å². The summed E-state index contributed by atoms with van der Waals surface area (Å²) >= 11 is 0. The molecule has 0 fully saturated rings. The van der Waals surface area contributed by atoms with Gasteiger partial charge in [-0.1, -0.05) is 27.7 Å². The summed E-state index contributed by atoms with van der Waals surface area (Å²) in [6.45, 7) is 7.82. The molecule has 0 saturated heterocycles. The number of nitrogens with one attached hydrogen (secondary N) is 2. The van der Waals surface area contributed by atoms with Crippen molar-refractivity contribution in [2.75, 3.05) is 0 Å². The van der Waals surface area contributed by atoms with Crippen molar-refractivity contribution in [1.82, 2.24) is 10.9 Å². The molecule has 0 heterocycles. The van der Waals surface area contributed by atoms with Gasteiger partial charge in [-0.2, -0.15) is 10.2 Å². The SMILES string of the molecule is CC(C)/C=N/NC(=O)CCC(=O)N/N=C/C(C)C. The zero-order valence-electron chi connectivity index (χ0n) is 11.4. The van der Waals surface area contributed by atoms with Crippen LogP contribution in [0.5, 0.6) is 0 Å². The fraction of sp³-hybridized carbons (Fsp3) is 0.667. The molecule has 0 rings (SSSR count). The molecular weight excluding hydrogens is 232 g/mol. The summed E-state index contributed by atoms with van der Waals surface area (Å²) in [5, 5.41) is 7.50. The van der Waals surface area contributed by atoms with Gasteiger partial charge in [0, 0.05) is 25.3 Å². The first-order valence-corrected chi connectivity index (χ1v) is 6.06. The highest BCUT2D eigenvalue weighted by Gasteiger charge is 2.05. The normalized spacial score (nSPS) is 11.7. The van der Waals surface area contributed by atoms with Crippen LogP contribution in [0, 0.1) is 11.8 Å². The molecule has 102 valence electrons. The van der Waals surface area contributed by atoms with Gasteiger partial charge in [-0.05, 0) is 11.8 Å². The van der Waals surface area contributed by atoms with Crippen molar-refractivity contribution in [3.05, 3.63) is 0 Å². The third-order valence-corrected chi connectivity index (χ3v) is 1.70. The number of rotatable bonds is 7. The van der Waals surface area contributed by atoms with Gasteiger partial charge in [-0.3, -0.25) is 9.59 Å². The van der Waals surface area contributed by atoms with Crippen LogP contribution in [0.3, 0.4) is 0 Å². The van der Waals surface area contributed by atoms with Crippen LogP contribution in [0.4, 0.5) is 0 Å². The summed E-state index contributed by atoms with van der Waals surface area (Å²) in [4.78, 5) is 22.5. The maximum Gasteiger partial charge on any atom is 0.240 e. The van der Waals surface area contributed by atoms with Gasteiger partial charge in [0.05, 0.1) is 0 Å². The quantitative estimate of drug-likeness (QED) is 0.530. The molecule has 0 aromatic rings. The average Bonchev–Trinajstić information content (AvgIpc) is 2.25. The van der Waals surface area contributed by atoms with Crippen molar-refractivity contribution in [1.29, 1.82) is 0 Å². The molecule has 0 aliphatic rings. The van der Waals surface area contributed by atoms with Crippen molar-refractivity contribution in [2.45, 2.75) is 40.5 Å². The highest BCUT2D eigenvalue weighted by Crippen LogP contribution is 1.90. The fourth-order valence-corrected chi connectivity index (χ4v) is 0.856. The number of carbonyl (C=O) groups excluding carboxylic acids is 2. The summed E-state index contributed by atoms with van der Waals surface area (Å²) in [5.74, 6) is -0.0114. The van der Waals surface area contributed by atoms with E-state index >= 15 is 0 Å². The Morgan fingerprint density at radius 3 is 1.50 bits per heavy atom. The Balaban J connectivity index is 3.75. The van der Waals surface area contributed by atoms with E-state index in [1.54, 1.807) is 12.4 Å². The van der Waals surface area contributed by atoms with Crippen molar-refractivity contribution in [2.24, 2.45) is 22.0 Å². The van der Waals surface area contributed by atoms with E-state index in [0.717, 1.165) is 0 Å². The molecule has 6 heteroatoms. The maximum absolute atomic E-state index is 11.3. The summed E-state index contributed by atoms with van der Waals surface area (Å²) < 4.78 is 0. The van der Waals surface area contributed by atoms with E-state index in [1.165, 1.54) is 0 Å². The van der Waals surface area contributed by atoms with Crippen LogP contribution >= 0.6 is 0 Å². The van der Waals surface area contributed by atoms with Crippen LogP contribution in [0.2, 0.25) is 0 Å². The fourth-order valence-electron chi connectivity index (χ4n) is 0.856. The Morgan fingerprint density at radius 2 is 1.22 bits per heavy atom. The molecule has 0 aliphatic carbocycles. The largest absolute Gasteiger partial charge is 0.273 e. The van der Waals surface area contributed by atoms with E-state index in [2.05, 4.69) is 21.1 Å². The number of hydrogen-bond acceptors (Lipinski definition) is 4. The van der Waals surface area contributed by atoms with E-state index < -0.39 is 0 Å². The smallest absolute Gasteiger partial charge is 0.240 e. The number of hydrogen-bond donors (Lipinski definition) is 2. The van der Waals surface area contributed by atoms with E-state index in [-0.39, 0.29) is 36.5 Å². The minimum atomic E-state index is -0.283. The van der Waals surface area contributed by atoms with Crippen LogP contribution < -0.4 is 10.9 Å². The second kappa shape index (κ2) is 9.32. The molecule has 6 nitrogen and oxygen atoms in total. The standard InChI is InChI=1S/C12H22N4O2/c1-9(2)7-13-15-11(17)5-6-12(18)16-14-8-10(3)4/h7-10H,5-6H2,1-4H3,(H,15,17)(H,16,18)/b13-7+,14-8+. The minimum Gasteiger partial charge on any atom is -0.273 e. The lowest BCUT2D eigenvalue weighted by Gasteiger charge is -2.00. The summed E-state index contributed by atoms with van der Waals surface area (Å²) in [6.07, 6.45) is 3.45. The van der Waals surface area contributed by atoms with Crippen molar-refractivity contribution in [3.8, 4) is 0 Å². The first kappa shape index (κ1) is 16.3. The van der Waals surface area contributed by atoms with Gasteiger partial charge in [-0.15, -0.1) is 0 Å². The zero-order chi connectivity index (χ0) is 14.0. The summed E-state index contributed by atoms with van der Waals surface area (Å²) in [7, 11) is 0. The number of amides is 2. The van der Waals surface area contributed by atoms with Crippen LogP contribution in [-0.4, -0.2) is 24.2 Å². The van der Waals surface area contributed by atoms with E-state index in [9.17, 15) is 9.59 Å². The Hall–Kier alpha value is -1.72. The molecule has 0 atom stereocenters. The van der Waals surface area contributed by atoms with E-state index in [1.807, 2.05) is 27.7 Å². The van der Waals surface area contributed by atoms with Gasteiger partial charge in [0.25, 0.3) is 0 Å². The Kier molecular flexibility index (Phi) is 8.43. The molecule has 0 aromatic carbocycles. The maximum atomic E-state index is 11.3. The van der Waals surface area contributed by atoms with Crippen LogP contribution in [-0.2, 0) is 9.59 Å². The van der Waals surface area contributed by atoms with Crippen molar-refractivity contribution < 1.29 is 9.59 Å². The first-order chi connectivity index (χ1) is 8.41. The Labute approximate surface area is 108 Å². The zero-order valence-corrected chi connectivity index (χ0v) is 11.4. The molecule has 18 heavy (non-hydrogen) atoms. The van der Waals surface area contributed by atoms with Crippen LogP contribution in [0.1, 0.15) is 40.5 Å². The average molecular weight is 254 g/mol. The second-order valence-corrected chi connectivity index (χ2v) is 4.61. The Bertz CT molecular complexity index is 290. The lowest BCUT2D eigenvalue weighted by atomic mass is 10.2. The molecule has 2 N–H and O–H groups in total. The molecule has 2 amide bonds. The lowest BCUT2D eigenvalue weighted by molar-refractivity contribution is -0.126. The predicted octanol–water partition coefficient (Wildman–Crippen LogP) is 1.28. The molecule has 0 spiro atoms. The molecule has 0 unspecified atom stereocenters. The van der Waals surface area contributed by atoms with Gasteiger partial charge < -0.3 is 0 Å². The van der Waals surface area contributed by atoms with Crippen LogP contribution in [0.15, 0.2) is 10.2 Å². The van der Waals surface area contributed by atoms with Gasteiger partial charge in [0.1, 0.15) is 0 Å². The van der Waals surface area contributed by atoms with Crippen LogP contribution in [0.25, 0.3) is 0 Å². The van der Waals surface area contributed by atoms with E-state index in [0.29, 0.717) is 0 Å². The topological polar surface area (TPSA) is 82.9 Å². The molecule has 0 radical (unpaired) electrons. The molecule has 0 bridgehead atoms. The molecule has 0 aromatic heterocycles. The third kappa shape index (κ3) is 10.8. The number of carbonyl (C=O) groups is 2. The lowest BCUT2D eigenvalue weighted by Crippen LogP contribution is -2.23. The molecular formula is C12H22N4O2. The monoisotopic (exact) mass is 254 g/mol.